The first-order chi connectivity index (χ1) is 15.8. The van der Waals surface area contributed by atoms with Gasteiger partial charge >= 0.3 is 6.18 Å². The van der Waals surface area contributed by atoms with Crippen LogP contribution in [0.2, 0.25) is 5.02 Å². The van der Waals surface area contributed by atoms with E-state index in [9.17, 15) is 18.0 Å². The molecule has 0 radical (unpaired) electrons. The third-order valence-corrected chi connectivity index (χ3v) is 6.23. The van der Waals surface area contributed by atoms with Crippen molar-refractivity contribution in [2.75, 3.05) is 0 Å². The van der Waals surface area contributed by atoms with Crippen LogP contribution in [0.25, 0.3) is 27.8 Å². The molecule has 0 fully saturated rings. The number of hydrogen-bond donors (Lipinski definition) is 1. The Morgan fingerprint density at radius 2 is 1.88 bits per heavy atom. The molecule has 2 aromatic carbocycles. The van der Waals surface area contributed by atoms with Crippen LogP contribution in [0.4, 0.5) is 13.2 Å². The fourth-order valence-electron chi connectivity index (χ4n) is 3.46. The molecule has 0 saturated carbocycles. The highest BCUT2D eigenvalue weighted by atomic mass is 35.5. The zero-order chi connectivity index (χ0) is 23.2. The van der Waals surface area contributed by atoms with E-state index in [-0.39, 0.29) is 27.4 Å². The van der Waals surface area contributed by atoms with Crippen molar-refractivity contribution in [1.29, 1.82) is 0 Å². The predicted molar refractivity (Wildman–Crippen MR) is 119 cm³/mol. The molecular weight excluding hydrogens is 477 g/mol. The minimum atomic E-state index is -4.87. The van der Waals surface area contributed by atoms with Gasteiger partial charge in [-0.2, -0.15) is 13.2 Å². The monoisotopic (exact) mass is 488 g/mol. The predicted octanol–water partition coefficient (Wildman–Crippen LogP) is 5.02. The number of imidazole rings is 1. The molecule has 166 valence electrons. The van der Waals surface area contributed by atoms with Gasteiger partial charge in [0.25, 0.3) is 5.56 Å². The highest BCUT2D eigenvalue weighted by Gasteiger charge is 2.38. The first kappa shape index (κ1) is 21.4. The summed E-state index contributed by atoms with van der Waals surface area (Å²) in [4.78, 5) is 32.7. The standard InChI is InChI=1S/C21H12ClF3N6OS/c22-12-5-1-2-7-14(12)31-19(32)15-11(4-3-6-13(15)30-20(31)21(23,24)25)8-33-18-16-17(27-9-26-16)28-10-29-18/h1-7,9-10H,8H2,(H,26,27,28,29). The molecule has 12 heteroatoms. The van der Waals surface area contributed by atoms with Gasteiger partial charge in [-0.05, 0) is 23.8 Å². The number of fused-ring (bicyclic) bond motifs is 2. The first-order valence-electron chi connectivity index (χ1n) is 9.48. The fourth-order valence-corrected chi connectivity index (χ4v) is 4.62. The van der Waals surface area contributed by atoms with Gasteiger partial charge in [-0.25, -0.2) is 19.9 Å². The second-order valence-electron chi connectivity index (χ2n) is 6.90. The lowest BCUT2D eigenvalue weighted by Gasteiger charge is -2.17. The van der Waals surface area contributed by atoms with Crippen LogP contribution < -0.4 is 5.56 Å². The number of para-hydroxylation sites is 1. The molecular formula is C21H12ClF3N6OS. The van der Waals surface area contributed by atoms with E-state index in [1.54, 1.807) is 18.2 Å². The van der Waals surface area contributed by atoms with E-state index in [0.717, 1.165) is 0 Å². The van der Waals surface area contributed by atoms with Crippen molar-refractivity contribution in [3.8, 4) is 5.69 Å². The Balaban J connectivity index is 1.69. The number of halogens is 4. The van der Waals surface area contributed by atoms with Crippen LogP contribution in [0.5, 0.6) is 0 Å². The van der Waals surface area contributed by atoms with E-state index in [1.165, 1.54) is 48.7 Å². The van der Waals surface area contributed by atoms with Crippen molar-refractivity contribution in [3.63, 3.8) is 0 Å². The van der Waals surface area contributed by atoms with E-state index in [0.29, 0.717) is 26.3 Å². The lowest BCUT2D eigenvalue weighted by atomic mass is 10.1. The van der Waals surface area contributed by atoms with Crippen molar-refractivity contribution >= 4 is 45.4 Å². The first-order valence-corrected chi connectivity index (χ1v) is 10.8. The molecule has 0 atom stereocenters. The summed E-state index contributed by atoms with van der Waals surface area (Å²) in [6.07, 6.45) is -2.00. The Bertz CT molecular complexity index is 1570. The highest BCUT2D eigenvalue weighted by Crippen LogP contribution is 2.33. The second-order valence-corrected chi connectivity index (χ2v) is 8.27. The largest absolute Gasteiger partial charge is 0.450 e. The van der Waals surface area contributed by atoms with Crippen molar-refractivity contribution < 1.29 is 13.2 Å². The number of aromatic nitrogens is 6. The number of benzene rings is 2. The van der Waals surface area contributed by atoms with Crippen LogP contribution in [-0.2, 0) is 11.9 Å². The molecule has 0 unspecified atom stereocenters. The number of aromatic amines is 1. The number of hydrogen-bond acceptors (Lipinski definition) is 6. The number of nitrogens with zero attached hydrogens (tertiary/aromatic N) is 5. The molecule has 5 aromatic rings. The molecule has 3 aromatic heterocycles. The smallest absolute Gasteiger partial charge is 0.329 e. The van der Waals surface area contributed by atoms with E-state index in [2.05, 4.69) is 24.9 Å². The number of thioether (sulfide) groups is 1. The summed E-state index contributed by atoms with van der Waals surface area (Å²) in [5.41, 5.74) is 0.622. The lowest BCUT2D eigenvalue weighted by molar-refractivity contribution is -0.146. The lowest BCUT2D eigenvalue weighted by Crippen LogP contribution is -2.29. The molecule has 5 rings (SSSR count). The number of nitrogens with one attached hydrogen (secondary N) is 1. The SMILES string of the molecule is O=c1c2c(CSc3ncnc4[nH]cnc34)cccc2nc(C(F)(F)F)n1-c1ccccc1Cl. The summed E-state index contributed by atoms with van der Waals surface area (Å²) in [7, 11) is 0. The minimum Gasteiger partial charge on any atom is -0.329 e. The van der Waals surface area contributed by atoms with Crippen molar-refractivity contribution in [3.05, 3.63) is 81.9 Å². The number of rotatable bonds is 4. The Morgan fingerprint density at radius 1 is 1.06 bits per heavy atom. The maximum Gasteiger partial charge on any atom is 0.450 e. The van der Waals surface area contributed by atoms with Gasteiger partial charge in [0.05, 0.1) is 27.9 Å². The Morgan fingerprint density at radius 3 is 2.67 bits per heavy atom. The molecule has 0 aliphatic heterocycles. The number of alkyl halides is 3. The van der Waals surface area contributed by atoms with Gasteiger partial charge in [-0.15, -0.1) is 0 Å². The highest BCUT2D eigenvalue weighted by molar-refractivity contribution is 7.98. The summed E-state index contributed by atoms with van der Waals surface area (Å²) < 4.78 is 42.1. The molecule has 3 heterocycles. The number of H-pyrrole nitrogens is 1. The maximum absolute atomic E-state index is 13.9. The van der Waals surface area contributed by atoms with Gasteiger partial charge in [0.1, 0.15) is 16.9 Å². The van der Waals surface area contributed by atoms with Crippen molar-refractivity contribution in [2.45, 2.75) is 17.0 Å². The zero-order valence-electron chi connectivity index (χ0n) is 16.5. The van der Waals surface area contributed by atoms with E-state index < -0.39 is 17.6 Å². The van der Waals surface area contributed by atoms with E-state index in [4.69, 9.17) is 11.6 Å². The molecule has 0 aliphatic carbocycles. The second kappa shape index (κ2) is 8.16. The van der Waals surface area contributed by atoms with Crippen LogP contribution in [-0.4, -0.2) is 29.5 Å². The van der Waals surface area contributed by atoms with E-state index in [1.807, 2.05) is 0 Å². The van der Waals surface area contributed by atoms with Gasteiger partial charge in [0, 0.05) is 5.75 Å². The molecule has 0 aliphatic rings. The van der Waals surface area contributed by atoms with Crippen LogP contribution >= 0.6 is 23.4 Å². The average Bonchev–Trinajstić information content (AvgIpc) is 3.27. The fraction of sp³-hybridized carbons (Fsp3) is 0.0952. The summed E-state index contributed by atoms with van der Waals surface area (Å²) >= 11 is 7.43. The topological polar surface area (TPSA) is 89.3 Å². The zero-order valence-corrected chi connectivity index (χ0v) is 18.0. The third-order valence-electron chi connectivity index (χ3n) is 4.88. The third kappa shape index (κ3) is 3.83. The molecule has 0 spiro atoms. The van der Waals surface area contributed by atoms with Crippen LogP contribution in [0.3, 0.4) is 0 Å². The quantitative estimate of drug-likeness (QED) is 0.282. The molecule has 1 N–H and O–H groups in total. The van der Waals surface area contributed by atoms with Gasteiger partial charge in [-0.3, -0.25) is 9.36 Å². The summed E-state index contributed by atoms with van der Waals surface area (Å²) in [6, 6.07) is 10.5. The summed E-state index contributed by atoms with van der Waals surface area (Å²) in [6.45, 7) is 0. The maximum atomic E-state index is 13.9. The van der Waals surface area contributed by atoms with Gasteiger partial charge < -0.3 is 4.98 Å². The Hall–Kier alpha value is -3.44. The van der Waals surface area contributed by atoms with Gasteiger partial charge in [0.15, 0.2) is 5.65 Å². The van der Waals surface area contributed by atoms with E-state index >= 15 is 0 Å². The molecule has 0 saturated heterocycles. The summed E-state index contributed by atoms with van der Waals surface area (Å²) in [5.74, 6) is -1.09. The normalized spacial score (nSPS) is 12.0. The van der Waals surface area contributed by atoms with Gasteiger partial charge in [0.2, 0.25) is 5.82 Å². The average molecular weight is 489 g/mol. The van der Waals surface area contributed by atoms with Crippen molar-refractivity contribution in [2.24, 2.45) is 0 Å². The summed E-state index contributed by atoms with van der Waals surface area (Å²) in [5, 5.41) is 0.648. The Labute approximate surface area is 192 Å². The van der Waals surface area contributed by atoms with Crippen LogP contribution in [0, 0.1) is 0 Å². The van der Waals surface area contributed by atoms with Crippen LogP contribution in [0.1, 0.15) is 11.4 Å². The van der Waals surface area contributed by atoms with Crippen molar-refractivity contribution in [1.82, 2.24) is 29.5 Å². The van der Waals surface area contributed by atoms with Gasteiger partial charge in [-0.1, -0.05) is 47.6 Å². The van der Waals surface area contributed by atoms with Crippen LogP contribution in [0.15, 0.2) is 64.9 Å². The Kier molecular flexibility index (Phi) is 5.29. The molecule has 0 amide bonds. The molecule has 7 nitrogen and oxygen atoms in total. The molecule has 0 bridgehead atoms. The minimum absolute atomic E-state index is 0.0000149. The molecule has 33 heavy (non-hydrogen) atoms.